The van der Waals surface area contributed by atoms with E-state index in [1.807, 2.05) is 0 Å². The zero-order valence-electron chi connectivity index (χ0n) is 10.8. The molecule has 1 aromatic heterocycles. The van der Waals surface area contributed by atoms with Crippen LogP contribution in [0.25, 0.3) is 0 Å². The predicted molar refractivity (Wildman–Crippen MR) is 72.6 cm³/mol. The highest BCUT2D eigenvalue weighted by Gasteiger charge is 2.22. The molecule has 2 rings (SSSR count). The molecule has 106 valence electrons. The quantitative estimate of drug-likeness (QED) is 0.654. The Kier molecular flexibility index (Phi) is 3.90. The van der Waals surface area contributed by atoms with Crippen molar-refractivity contribution < 1.29 is 9.31 Å². The maximum absolute atomic E-state index is 13.8. The van der Waals surface area contributed by atoms with Crippen molar-refractivity contribution in [3.63, 3.8) is 0 Å². The minimum absolute atomic E-state index is 0.00607. The SMILES string of the molecule is CNc1ncnc(Nc2ccc(C#N)cc2F)c1[N+](=O)[O-]. The van der Waals surface area contributed by atoms with E-state index < -0.39 is 16.4 Å². The topological polar surface area (TPSA) is 117 Å². The standard InChI is InChI=1S/C12H9FN6O2/c1-15-11-10(19(20)21)12(17-6-16-11)18-9-3-2-7(5-14)4-8(9)13/h2-4,6H,1H3,(H2,15,16,17,18). The Labute approximate surface area is 118 Å². The largest absolute Gasteiger partial charge is 0.367 e. The fraction of sp³-hybridized carbons (Fsp3) is 0.0833. The maximum Gasteiger partial charge on any atom is 0.353 e. The van der Waals surface area contributed by atoms with Crippen molar-refractivity contribution in [2.45, 2.75) is 0 Å². The molecule has 0 unspecified atom stereocenters. The van der Waals surface area contributed by atoms with Gasteiger partial charge in [-0.05, 0) is 18.2 Å². The second kappa shape index (κ2) is 5.79. The number of aromatic nitrogens is 2. The normalized spacial score (nSPS) is 9.76. The fourth-order valence-corrected chi connectivity index (χ4v) is 1.64. The number of rotatable bonds is 4. The van der Waals surface area contributed by atoms with E-state index in [9.17, 15) is 14.5 Å². The van der Waals surface area contributed by atoms with Gasteiger partial charge >= 0.3 is 5.69 Å². The molecule has 0 aliphatic rings. The number of hydrogen-bond acceptors (Lipinski definition) is 7. The lowest BCUT2D eigenvalue weighted by Crippen LogP contribution is -2.06. The van der Waals surface area contributed by atoms with E-state index in [0.29, 0.717) is 0 Å². The highest BCUT2D eigenvalue weighted by molar-refractivity contribution is 5.73. The summed E-state index contributed by atoms with van der Waals surface area (Å²) in [4.78, 5) is 17.9. The molecule has 0 atom stereocenters. The molecular formula is C12H9FN6O2. The Morgan fingerprint density at radius 1 is 1.38 bits per heavy atom. The van der Waals surface area contributed by atoms with Gasteiger partial charge in [0.2, 0.25) is 11.6 Å². The molecule has 0 saturated carbocycles. The van der Waals surface area contributed by atoms with E-state index >= 15 is 0 Å². The highest BCUT2D eigenvalue weighted by Crippen LogP contribution is 2.31. The van der Waals surface area contributed by atoms with Crippen LogP contribution in [-0.2, 0) is 0 Å². The summed E-state index contributed by atoms with van der Waals surface area (Å²) < 4.78 is 13.8. The Balaban J connectivity index is 2.45. The van der Waals surface area contributed by atoms with Crippen molar-refractivity contribution in [3.8, 4) is 6.07 Å². The van der Waals surface area contributed by atoms with Gasteiger partial charge in [-0.3, -0.25) is 10.1 Å². The van der Waals surface area contributed by atoms with Gasteiger partial charge in [0, 0.05) is 7.05 Å². The lowest BCUT2D eigenvalue weighted by atomic mass is 10.2. The van der Waals surface area contributed by atoms with Gasteiger partial charge in [0.1, 0.15) is 12.1 Å². The molecule has 1 heterocycles. The Morgan fingerprint density at radius 2 is 2.10 bits per heavy atom. The summed E-state index contributed by atoms with van der Waals surface area (Å²) in [5.41, 5.74) is -0.284. The molecule has 0 aliphatic heterocycles. The number of hydrogen-bond donors (Lipinski definition) is 2. The van der Waals surface area contributed by atoms with Crippen molar-refractivity contribution in [3.05, 3.63) is 46.0 Å². The van der Waals surface area contributed by atoms with Crippen LogP contribution in [0.15, 0.2) is 24.5 Å². The Bertz CT molecular complexity index is 743. The highest BCUT2D eigenvalue weighted by atomic mass is 19.1. The summed E-state index contributed by atoms with van der Waals surface area (Å²) in [5.74, 6) is -0.859. The van der Waals surface area contributed by atoms with Gasteiger partial charge in [0.15, 0.2) is 0 Å². The van der Waals surface area contributed by atoms with Crippen molar-refractivity contribution in [1.29, 1.82) is 5.26 Å². The van der Waals surface area contributed by atoms with Gasteiger partial charge in [-0.15, -0.1) is 0 Å². The fourth-order valence-electron chi connectivity index (χ4n) is 1.64. The molecule has 8 nitrogen and oxygen atoms in total. The van der Waals surface area contributed by atoms with E-state index in [1.165, 1.54) is 19.2 Å². The predicted octanol–water partition coefficient (Wildman–Crippen LogP) is 2.18. The van der Waals surface area contributed by atoms with Gasteiger partial charge in [-0.1, -0.05) is 0 Å². The first kappa shape index (κ1) is 14.1. The summed E-state index contributed by atoms with van der Waals surface area (Å²) in [6.45, 7) is 0. The van der Waals surface area contributed by atoms with Gasteiger partial charge in [0.05, 0.1) is 22.2 Å². The average molecular weight is 288 g/mol. The van der Waals surface area contributed by atoms with Crippen LogP contribution in [0.3, 0.4) is 0 Å². The van der Waals surface area contributed by atoms with Crippen LogP contribution in [0.1, 0.15) is 5.56 Å². The van der Waals surface area contributed by atoms with E-state index in [-0.39, 0.29) is 22.9 Å². The molecule has 0 aliphatic carbocycles. The van der Waals surface area contributed by atoms with Crippen LogP contribution in [-0.4, -0.2) is 21.9 Å². The summed E-state index contributed by atoms with van der Waals surface area (Å²) >= 11 is 0. The smallest absolute Gasteiger partial charge is 0.353 e. The lowest BCUT2D eigenvalue weighted by Gasteiger charge is -2.09. The third kappa shape index (κ3) is 2.84. The van der Waals surface area contributed by atoms with Gasteiger partial charge in [-0.2, -0.15) is 5.26 Å². The monoisotopic (exact) mass is 288 g/mol. The third-order valence-electron chi connectivity index (χ3n) is 2.59. The molecule has 9 heteroatoms. The number of nitrogens with one attached hydrogen (secondary N) is 2. The molecule has 0 amide bonds. The van der Waals surface area contributed by atoms with Gasteiger partial charge in [0.25, 0.3) is 0 Å². The van der Waals surface area contributed by atoms with Crippen molar-refractivity contribution in [1.82, 2.24) is 9.97 Å². The zero-order valence-corrected chi connectivity index (χ0v) is 10.8. The van der Waals surface area contributed by atoms with Gasteiger partial charge < -0.3 is 10.6 Å². The van der Waals surface area contributed by atoms with Crippen LogP contribution in [0.2, 0.25) is 0 Å². The number of nitriles is 1. The minimum Gasteiger partial charge on any atom is -0.367 e. The third-order valence-corrected chi connectivity index (χ3v) is 2.59. The number of anilines is 3. The first-order valence-electron chi connectivity index (χ1n) is 5.70. The number of halogens is 1. The zero-order chi connectivity index (χ0) is 15.4. The molecule has 1 aromatic carbocycles. The molecule has 2 aromatic rings. The minimum atomic E-state index is -0.715. The van der Waals surface area contributed by atoms with Crippen LogP contribution in [0.4, 0.5) is 27.4 Å². The van der Waals surface area contributed by atoms with Crippen LogP contribution in [0.5, 0.6) is 0 Å². The van der Waals surface area contributed by atoms with Crippen LogP contribution < -0.4 is 10.6 Å². The van der Waals surface area contributed by atoms with E-state index in [1.54, 1.807) is 6.07 Å². The van der Waals surface area contributed by atoms with E-state index in [2.05, 4.69) is 20.6 Å². The van der Waals surface area contributed by atoms with E-state index in [4.69, 9.17) is 5.26 Å². The molecule has 0 fully saturated rings. The molecule has 2 N–H and O–H groups in total. The first-order chi connectivity index (χ1) is 10.1. The van der Waals surface area contributed by atoms with Crippen molar-refractivity contribution in [2.24, 2.45) is 0 Å². The molecule has 0 saturated heterocycles. The van der Waals surface area contributed by atoms with Crippen molar-refractivity contribution in [2.75, 3.05) is 17.7 Å². The number of nitro groups is 1. The summed E-state index contributed by atoms with van der Waals surface area (Å²) in [6, 6.07) is 5.51. The molecule has 0 spiro atoms. The second-order valence-corrected chi connectivity index (χ2v) is 3.86. The first-order valence-corrected chi connectivity index (χ1v) is 5.70. The van der Waals surface area contributed by atoms with Gasteiger partial charge in [-0.25, -0.2) is 14.4 Å². The molecule has 0 radical (unpaired) electrons. The summed E-state index contributed by atoms with van der Waals surface area (Å²) in [7, 11) is 1.47. The molecular weight excluding hydrogens is 279 g/mol. The summed E-state index contributed by atoms with van der Waals surface area (Å²) in [6.07, 6.45) is 1.11. The van der Waals surface area contributed by atoms with Crippen molar-refractivity contribution >= 4 is 23.0 Å². The maximum atomic E-state index is 13.8. The van der Waals surface area contributed by atoms with Crippen LogP contribution in [0, 0.1) is 27.3 Å². The second-order valence-electron chi connectivity index (χ2n) is 3.86. The van der Waals surface area contributed by atoms with Crippen LogP contribution >= 0.6 is 0 Å². The Morgan fingerprint density at radius 3 is 2.67 bits per heavy atom. The molecule has 0 bridgehead atoms. The Hall–Kier alpha value is -3.28. The number of benzene rings is 1. The summed E-state index contributed by atoms with van der Waals surface area (Å²) in [5, 5.41) is 24.9. The molecule has 21 heavy (non-hydrogen) atoms. The number of nitrogens with zero attached hydrogens (tertiary/aromatic N) is 4. The average Bonchev–Trinajstić information content (AvgIpc) is 2.48. The van der Waals surface area contributed by atoms with E-state index in [0.717, 1.165) is 12.4 Å². The lowest BCUT2D eigenvalue weighted by molar-refractivity contribution is -0.383.